The maximum absolute atomic E-state index is 11.4. The molecule has 0 radical (unpaired) electrons. The minimum absolute atomic E-state index is 0.127. The monoisotopic (exact) mass is 303 g/mol. The van der Waals surface area contributed by atoms with E-state index in [0.717, 1.165) is 9.26 Å². The lowest BCUT2D eigenvalue weighted by Crippen LogP contribution is -2.30. The molecule has 14 heavy (non-hydrogen) atoms. The number of amides is 1. The molecule has 2 rings (SSSR count). The second-order valence-electron chi connectivity index (χ2n) is 3.27. The molecule has 0 unspecified atom stereocenters. The first-order valence-corrected chi connectivity index (χ1v) is 5.48. The highest BCUT2D eigenvalue weighted by molar-refractivity contribution is 14.1. The highest BCUT2D eigenvalue weighted by Crippen LogP contribution is 2.23. The Labute approximate surface area is 96.2 Å². The number of nitrogens with zero attached hydrogens (tertiary/aromatic N) is 1. The lowest BCUT2D eigenvalue weighted by Gasteiger charge is -2.17. The Balaban J connectivity index is 2.30. The first-order valence-electron chi connectivity index (χ1n) is 4.40. The van der Waals surface area contributed by atoms with Crippen molar-refractivity contribution in [1.29, 1.82) is 0 Å². The van der Waals surface area contributed by atoms with E-state index in [-0.39, 0.29) is 12.1 Å². The number of benzene rings is 1. The molecular weight excluding hydrogens is 293 g/mol. The summed E-state index contributed by atoms with van der Waals surface area (Å²) in [6, 6.07) is 7.96. The lowest BCUT2D eigenvalue weighted by molar-refractivity contribution is 0.179. The molecule has 1 saturated heterocycles. The maximum atomic E-state index is 11.4. The summed E-state index contributed by atoms with van der Waals surface area (Å²) in [7, 11) is 0. The lowest BCUT2D eigenvalue weighted by atomic mass is 10.2. The van der Waals surface area contributed by atoms with Crippen LogP contribution in [-0.2, 0) is 4.74 Å². The van der Waals surface area contributed by atoms with Crippen LogP contribution < -0.4 is 4.90 Å². The Kier molecular flexibility index (Phi) is 2.62. The van der Waals surface area contributed by atoms with Gasteiger partial charge in [0.25, 0.3) is 0 Å². The molecule has 3 nitrogen and oxygen atoms in total. The second-order valence-corrected chi connectivity index (χ2v) is 4.52. The summed E-state index contributed by atoms with van der Waals surface area (Å²) in [6.07, 6.45) is -0.251. The predicted octanol–water partition coefficient (Wildman–Crippen LogP) is 2.64. The van der Waals surface area contributed by atoms with E-state index in [0.29, 0.717) is 6.61 Å². The van der Waals surface area contributed by atoms with Gasteiger partial charge >= 0.3 is 6.09 Å². The van der Waals surface area contributed by atoms with Gasteiger partial charge in [-0.25, -0.2) is 4.79 Å². The first kappa shape index (κ1) is 9.76. The molecule has 0 bridgehead atoms. The zero-order valence-corrected chi connectivity index (χ0v) is 9.89. The topological polar surface area (TPSA) is 29.5 Å². The van der Waals surface area contributed by atoms with Crippen molar-refractivity contribution in [2.75, 3.05) is 11.5 Å². The zero-order chi connectivity index (χ0) is 10.1. The average molecular weight is 303 g/mol. The van der Waals surface area contributed by atoms with Crippen LogP contribution in [0.2, 0.25) is 0 Å². The minimum Gasteiger partial charge on any atom is -0.447 e. The molecule has 1 fully saturated rings. The van der Waals surface area contributed by atoms with Crippen molar-refractivity contribution in [3.8, 4) is 0 Å². The molecule has 0 spiro atoms. The Bertz CT molecular complexity index is 350. The van der Waals surface area contributed by atoms with Crippen molar-refractivity contribution < 1.29 is 9.53 Å². The third-order valence-corrected chi connectivity index (χ3v) is 2.91. The molecule has 0 aromatic heterocycles. The standard InChI is InChI=1S/C10H10INO2/c1-7-6-14-10(13)12(7)9-4-2-8(11)3-5-9/h2-5,7H,6H2,1H3/t7-/m1/s1. The van der Waals surface area contributed by atoms with Gasteiger partial charge < -0.3 is 4.74 Å². The van der Waals surface area contributed by atoms with Crippen LogP contribution in [0.25, 0.3) is 0 Å². The molecule has 1 atom stereocenters. The number of ether oxygens (including phenoxy) is 1. The van der Waals surface area contributed by atoms with Crippen LogP contribution in [0.15, 0.2) is 24.3 Å². The van der Waals surface area contributed by atoms with E-state index in [1.807, 2.05) is 31.2 Å². The van der Waals surface area contributed by atoms with E-state index < -0.39 is 0 Å². The van der Waals surface area contributed by atoms with Crippen LogP contribution in [0.4, 0.5) is 10.5 Å². The van der Waals surface area contributed by atoms with Crippen molar-refractivity contribution in [2.24, 2.45) is 0 Å². The third kappa shape index (κ3) is 1.70. The largest absolute Gasteiger partial charge is 0.447 e. The van der Waals surface area contributed by atoms with E-state index in [9.17, 15) is 4.79 Å². The summed E-state index contributed by atoms with van der Waals surface area (Å²) in [5.41, 5.74) is 0.903. The summed E-state index contributed by atoms with van der Waals surface area (Å²) >= 11 is 2.24. The second kappa shape index (κ2) is 3.76. The molecule has 1 aromatic rings. The van der Waals surface area contributed by atoms with Gasteiger partial charge in [-0.3, -0.25) is 4.90 Å². The molecular formula is C10H10INO2. The van der Waals surface area contributed by atoms with Gasteiger partial charge in [0.05, 0.1) is 6.04 Å². The van der Waals surface area contributed by atoms with Gasteiger partial charge in [-0.05, 0) is 53.8 Å². The molecule has 1 aliphatic heterocycles. The van der Waals surface area contributed by atoms with Gasteiger partial charge in [-0.2, -0.15) is 0 Å². The fourth-order valence-corrected chi connectivity index (χ4v) is 1.84. The molecule has 0 aliphatic carbocycles. The molecule has 4 heteroatoms. The summed E-state index contributed by atoms with van der Waals surface area (Å²) < 4.78 is 6.11. The van der Waals surface area contributed by atoms with E-state index in [1.165, 1.54) is 0 Å². The van der Waals surface area contributed by atoms with Gasteiger partial charge in [0, 0.05) is 9.26 Å². The third-order valence-electron chi connectivity index (χ3n) is 2.19. The molecule has 1 amide bonds. The van der Waals surface area contributed by atoms with Gasteiger partial charge in [-0.1, -0.05) is 0 Å². The van der Waals surface area contributed by atoms with Crippen LogP contribution in [-0.4, -0.2) is 18.7 Å². The average Bonchev–Trinajstić information content (AvgIpc) is 2.49. The summed E-state index contributed by atoms with van der Waals surface area (Å²) in [6.45, 7) is 2.45. The fraction of sp³-hybridized carbons (Fsp3) is 0.300. The van der Waals surface area contributed by atoms with Crippen LogP contribution in [0.1, 0.15) is 6.92 Å². The van der Waals surface area contributed by atoms with E-state index in [1.54, 1.807) is 4.90 Å². The van der Waals surface area contributed by atoms with Crippen LogP contribution in [0.3, 0.4) is 0 Å². The Morgan fingerprint density at radius 2 is 2.07 bits per heavy atom. The number of carbonyl (C=O) groups is 1. The highest BCUT2D eigenvalue weighted by Gasteiger charge is 2.30. The maximum Gasteiger partial charge on any atom is 0.414 e. The van der Waals surface area contributed by atoms with Crippen LogP contribution >= 0.6 is 22.6 Å². The fourth-order valence-electron chi connectivity index (χ4n) is 1.48. The van der Waals surface area contributed by atoms with E-state index in [4.69, 9.17) is 4.74 Å². The molecule has 0 saturated carbocycles. The Hall–Kier alpha value is -0.780. The summed E-state index contributed by atoms with van der Waals surface area (Å²) in [4.78, 5) is 13.0. The van der Waals surface area contributed by atoms with Gasteiger partial charge in [-0.15, -0.1) is 0 Å². The number of rotatable bonds is 1. The zero-order valence-electron chi connectivity index (χ0n) is 7.74. The Morgan fingerprint density at radius 3 is 2.57 bits per heavy atom. The molecule has 0 N–H and O–H groups in total. The van der Waals surface area contributed by atoms with Crippen molar-refractivity contribution in [3.05, 3.63) is 27.8 Å². The van der Waals surface area contributed by atoms with Crippen molar-refractivity contribution in [3.63, 3.8) is 0 Å². The van der Waals surface area contributed by atoms with Gasteiger partial charge in [0.1, 0.15) is 6.61 Å². The van der Waals surface area contributed by atoms with Crippen molar-refractivity contribution >= 4 is 34.4 Å². The number of anilines is 1. The number of halogens is 1. The van der Waals surface area contributed by atoms with E-state index >= 15 is 0 Å². The summed E-state index contributed by atoms with van der Waals surface area (Å²) in [5.74, 6) is 0. The molecule has 74 valence electrons. The normalized spacial score (nSPS) is 21.1. The van der Waals surface area contributed by atoms with Crippen molar-refractivity contribution in [2.45, 2.75) is 13.0 Å². The number of carbonyl (C=O) groups excluding carboxylic acids is 1. The predicted molar refractivity (Wildman–Crippen MR) is 62.4 cm³/mol. The van der Waals surface area contributed by atoms with Gasteiger partial charge in [0.15, 0.2) is 0 Å². The number of hydrogen-bond acceptors (Lipinski definition) is 2. The smallest absolute Gasteiger partial charge is 0.414 e. The molecule has 1 aliphatic rings. The van der Waals surface area contributed by atoms with Crippen LogP contribution in [0, 0.1) is 3.57 Å². The van der Waals surface area contributed by atoms with Crippen molar-refractivity contribution in [1.82, 2.24) is 0 Å². The first-order chi connectivity index (χ1) is 6.68. The SMILES string of the molecule is C[C@@H]1COC(=O)N1c1ccc(I)cc1. The number of cyclic esters (lactones) is 1. The van der Waals surface area contributed by atoms with Crippen LogP contribution in [0.5, 0.6) is 0 Å². The number of hydrogen-bond donors (Lipinski definition) is 0. The Morgan fingerprint density at radius 1 is 1.43 bits per heavy atom. The summed E-state index contributed by atoms with van der Waals surface area (Å²) in [5, 5.41) is 0. The van der Waals surface area contributed by atoms with Gasteiger partial charge in [0.2, 0.25) is 0 Å². The molecule has 1 heterocycles. The highest BCUT2D eigenvalue weighted by atomic mass is 127. The van der Waals surface area contributed by atoms with E-state index in [2.05, 4.69) is 22.6 Å². The minimum atomic E-state index is -0.251. The molecule has 1 aromatic carbocycles. The quantitative estimate of drug-likeness (QED) is 0.747.